The van der Waals surface area contributed by atoms with Crippen molar-refractivity contribution >= 4 is 41.7 Å². The summed E-state index contributed by atoms with van der Waals surface area (Å²) in [6.07, 6.45) is 2.98. The van der Waals surface area contributed by atoms with Crippen molar-refractivity contribution in [2.45, 2.75) is 12.5 Å². The molecule has 15 heavy (non-hydrogen) atoms. The number of carboxylic acids is 1. The summed E-state index contributed by atoms with van der Waals surface area (Å²) in [4.78, 5) is 24.6. The van der Waals surface area contributed by atoms with Crippen LogP contribution in [-0.4, -0.2) is 52.1 Å². The van der Waals surface area contributed by atoms with Crippen molar-refractivity contribution in [3.8, 4) is 0 Å². The van der Waals surface area contributed by atoms with E-state index in [9.17, 15) is 4.79 Å². The molecule has 0 fully saturated rings. The predicted molar refractivity (Wildman–Crippen MR) is 59.8 cm³/mol. The van der Waals surface area contributed by atoms with Crippen LogP contribution >= 0.6 is 12.2 Å². The Morgan fingerprint density at radius 3 is 3.20 bits per heavy atom. The summed E-state index contributed by atoms with van der Waals surface area (Å²) in [5.41, 5.74) is 0. The van der Waals surface area contributed by atoms with Gasteiger partial charge in [0, 0.05) is 6.54 Å². The third-order valence-corrected chi connectivity index (χ3v) is 2.40. The Hall–Kier alpha value is -1.63. The lowest BCUT2D eigenvalue weighted by molar-refractivity contribution is -0.137. The molecule has 78 valence electrons. The normalized spacial score (nSPS) is 22.9. The molecular weight excluding hydrogens is 216 g/mol. The van der Waals surface area contributed by atoms with E-state index in [1.165, 1.54) is 6.34 Å². The van der Waals surface area contributed by atoms with Gasteiger partial charge >= 0.3 is 5.97 Å². The van der Waals surface area contributed by atoms with Gasteiger partial charge in [0.2, 0.25) is 0 Å². The minimum Gasteiger partial charge on any atom is -0.481 e. The molecule has 2 aliphatic heterocycles. The van der Waals surface area contributed by atoms with Crippen molar-refractivity contribution in [1.82, 2.24) is 4.90 Å². The molecule has 1 unspecified atom stereocenters. The molecule has 2 aliphatic rings. The van der Waals surface area contributed by atoms with E-state index in [1.807, 2.05) is 0 Å². The van der Waals surface area contributed by atoms with Crippen molar-refractivity contribution in [1.29, 1.82) is 0 Å². The average molecular weight is 224 g/mol. The molecule has 0 amide bonds. The second-order valence-corrected chi connectivity index (χ2v) is 3.49. The molecule has 1 atom stereocenters. The van der Waals surface area contributed by atoms with Gasteiger partial charge in [-0.05, 0) is 0 Å². The fourth-order valence-corrected chi connectivity index (χ4v) is 1.57. The quantitative estimate of drug-likeness (QED) is 0.681. The molecule has 0 aromatic heterocycles. The zero-order valence-electron chi connectivity index (χ0n) is 7.70. The molecule has 0 aliphatic carbocycles. The molecule has 0 saturated heterocycles. The molecule has 2 rings (SSSR count). The van der Waals surface area contributed by atoms with Crippen molar-refractivity contribution in [3.05, 3.63) is 0 Å². The van der Waals surface area contributed by atoms with E-state index in [2.05, 4.69) is 15.0 Å². The monoisotopic (exact) mass is 224 g/mol. The molecular formula is C8H8N4O2S. The number of carboxylic acid groups (broad SMARTS) is 1. The van der Waals surface area contributed by atoms with Gasteiger partial charge in [0.1, 0.15) is 17.2 Å². The lowest BCUT2D eigenvalue weighted by Crippen LogP contribution is -2.37. The van der Waals surface area contributed by atoms with Crippen molar-refractivity contribution < 1.29 is 9.90 Å². The highest BCUT2D eigenvalue weighted by molar-refractivity contribution is 7.80. The van der Waals surface area contributed by atoms with Crippen molar-refractivity contribution in [3.63, 3.8) is 0 Å². The zero-order valence-corrected chi connectivity index (χ0v) is 8.52. The smallest absolute Gasteiger partial charge is 0.305 e. The Balaban J connectivity index is 2.08. The van der Waals surface area contributed by atoms with Gasteiger partial charge in [0.25, 0.3) is 0 Å². The number of rotatable bonds is 3. The van der Waals surface area contributed by atoms with E-state index in [1.54, 1.807) is 11.2 Å². The summed E-state index contributed by atoms with van der Waals surface area (Å²) in [5.74, 6) is -0.184. The van der Waals surface area contributed by atoms with E-state index in [0.717, 1.165) is 0 Å². The Morgan fingerprint density at radius 2 is 2.47 bits per heavy atom. The van der Waals surface area contributed by atoms with Gasteiger partial charge in [-0.3, -0.25) is 9.79 Å². The summed E-state index contributed by atoms with van der Waals surface area (Å²) in [5, 5.41) is 8.56. The number of thiocarbonyl (C=S) groups is 1. The van der Waals surface area contributed by atoms with Gasteiger partial charge in [0.15, 0.2) is 6.04 Å². The maximum atomic E-state index is 10.4. The molecule has 0 bridgehead atoms. The minimum atomic E-state index is -0.848. The van der Waals surface area contributed by atoms with Crippen LogP contribution in [0.25, 0.3) is 0 Å². The van der Waals surface area contributed by atoms with Gasteiger partial charge in [-0.15, -0.1) is 0 Å². The van der Waals surface area contributed by atoms with Crippen LogP contribution in [0.15, 0.2) is 15.0 Å². The summed E-state index contributed by atoms with van der Waals surface area (Å²) in [6.45, 7) is 0.352. The van der Waals surface area contributed by atoms with Crippen LogP contribution in [0.3, 0.4) is 0 Å². The molecule has 7 heteroatoms. The molecule has 0 spiro atoms. The summed E-state index contributed by atoms with van der Waals surface area (Å²) < 4.78 is 0. The van der Waals surface area contributed by atoms with E-state index in [-0.39, 0.29) is 12.5 Å². The second-order valence-electron chi connectivity index (χ2n) is 3.07. The first-order chi connectivity index (χ1) is 7.18. The highest BCUT2D eigenvalue weighted by Crippen LogP contribution is 2.13. The first-order valence-corrected chi connectivity index (χ1v) is 4.75. The van der Waals surface area contributed by atoms with Gasteiger partial charge in [-0.1, -0.05) is 12.2 Å². The summed E-state index contributed by atoms with van der Waals surface area (Å²) in [6, 6.07) is -0.307. The molecule has 0 aromatic carbocycles. The first kappa shape index (κ1) is 9.91. The maximum Gasteiger partial charge on any atom is 0.305 e. The predicted octanol–water partition coefficient (Wildman–Crippen LogP) is -0.0586. The zero-order chi connectivity index (χ0) is 10.8. The summed E-state index contributed by atoms with van der Waals surface area (Å²) >= 11 is 5.00. The number of hydrogen-bond donors (Lipinski definition) is 1. The molecule has 0 aromatic rings. The number of fused-ring (bicyclic) bond motifs is 1. The molecule has 0 saturated carbocycles. The van der Waals surface area contributed by atoms with Gasteiger partial charge in [0.05, 0.1) is 12.8 Å². The highest BCUT2D eigenvalue weighted by atomic mass is 32.1. The van der Waals surface area contributed by atoms with Crippen LogP contribution < -0.4 is 0 Å². The van der Waals surface area contributed by atoms with Gasteiger partial charge < -0.3 is 10.0 Å². The highest BCUT2D eigenvalue weighted by Gasteiger charge is 2.30. The fraction of sp³-hybridized carbons (Fsp3) is 0.375. The number of amidine groups is 1. The van der Waals surface area contributed by atoms with Crippen LogP contribution in [0, 0.1) is 0 Å². The fourth-order valence-electron chi connectivity index (χ4n) is 1.35. The van der Waals surface area contributed by atoms with Crippen LogP contribution in [0.2, 0.25) is 0 Å². The Labute approximate surface area is 91.0 Å². The van der Waals surface area contributed by atoms with Crippen molar-refractivity contribution in [2.24, 2.45) is 15.0 Å². The number of aliphatic imine (C=N–C) groups is 3. The van der Waals surface area contributed by atoms with Crippen LogP contribution in [0.5, 0.6) is 0 Å². The molecule has 6 nitrogen and oxygen atoms in total. The number of nitrogens with zero attached hydrogens (tertiary/aromatic N) is 4. The SMILES string of the molecule is O=C(O)CCN1C=NC2C(=S)N=CN=C21. The lowest BCUT2D eigenvalue weighted by Gasteiger charge is -2.18. The van der Waals surface area contributed by atoms with Crippen LogP contribution in [-0.2, 0) is 4.79 Å². The number of aliphatic carboxylic acids is 1. The average Bonchev–Trinajstić information content (AvgIpc) is 2.59. The Bertz CT molecular complexity index is 401. The Morgan fingerprint density at radius 1 is 1.67 bits per heavy atom. The van der Waals surface area contributed by atoms with Gasteiger partial charge in [-0.2, -0.15) is 0 Å². The number of carbonyl (C=O) groups is 1. The minimum absolute atomic E-state index is 0.0433. The van der Waals surface area contributed by atoms with Crippen LogP contribution in [0.1, 0.15) is 6.42 Å². The van der Waals surface area contributed by atoms with E-state index in [0.29, 0.717) is 17.4 Å². The number of hydrogen-bond acceptors (Lipinski definition) is 5. The van der Waals surface area contributed by atoms with Crippen molar-refractivity contribution in [2.75, 3.05) is 6.54 Å². The van der Waals surface area contributed by atoms with Gasteiger partial charge in [-0.25, -0.2) is 9.98 Å². The lowest BCUT2D eigenvalue weighted by atomic mass is 10.2. The molecule has 1 N–H and O–H groups in total. The second kappa shape index (κ2) is 3.85. The first-order valence-electron chi connectivity index (χ1n) is 4.34. The largest absolute Gasteiger partial charge is 0.481 e. The van der Waals surface area contributed by atoms with E-state index >= 15 is 0 Å². The molecule has 2 heterocycles. The topological polar surface area (TPSA) is 77.6 Å². The van der Waals surface area contributed by atoms with E-state index in [4.69, 9.17) is 17.3 Å². The molecule has 0 radical (unpaired) electrons. The van der Waals surface area contributed by atoms with Crippen LogP contribution in [0.4, 0.5) is 0 Å². The third-order valence-electron chi connectivity index (χ3n) is 2.07. The maximum absolute atomic E-state index is 10.4. The third kappa shape index (κ3) is 1.91. The standard InChI is InChI=1S/C8H8N4O2S/c13-5(14)1-2-12-4-11-6-7(12)9-3-10-8(6)15/h3-4,6H,1-2H2,(H,13,14). The summed E-state index contributed by atoms with van der Waals surface area (Å²) in [7, 11) is 0. The Kier molecular flexibility index (Phi) is 2.55. The van der Waals surface area contributed by atoms with E-state index < -0.39 is 5.97 Å².